The molecule has 0 unspecified atom stereocenters. The summed E-state index contributed by atoms with van der Waals surface area (Å²) in [7, 11) is -1.82. The van der Waals surface area contributed by atoms with Gasteiger partial charge < -0.3 is 10.1 Å². The molecule has 0 radical (unpaired) electrons. The zero-order valence-corrected chi connectivity index (χ0v) is 19.3. The van der Waals surface area contributed by atoms with Gasteiger partial charge in [0.1, 0.15) is 5.75 Å². The fraction of sp³-hybridized carbons (Fsp3) is 0.458. The average Bonchev–Trinajstić information content (AvgIpc) is 3.54. The van der Waals surface area contributed by atoms with Gasteiger partial charge >= 0.3 is 0 Å². The predicted molar refractivity (Wildman–Crippen MR) is 123 cm³/mol. The molecule has 2 aromatic carbocycles. The molecule has 1 amide bonds. The second kappa shape index (κ2) is 10.0. The van der Waals surface area contributed by atoms with Crippen molar-refractivity contribution in [2.45, 2.75) is 36.6 Å². The molecule has 2 saturated heterocycles. The number of likely N-dealkylation sites (tertiary alicyclic amines) is 1. The van der Waals surface area contributed by atoms with Crippen LogP contribution in [0.3, 0.4) is 0 Å². The van der Waals surface area contributed by atoms with Gasteiger partial charge in [-0.2, -0.15) is 4.31 Å². The Morgan fingerprint density at radius 2 is 1.59 bits per heavy atom. The Hall–Kier alpha value is -2.42. The molecule has 1 atom stereocenters. The number of hydrogen-bond donors (Lipinski definition) is 1. The number of hydrogen-bond acceptors (Lipinski definition) is 5. The molecule has 32 heavy (non-hydrogen) atoms. The molecule has 0 aliphatic carbocycles. The molecule has 2 aliphatic rings. The van der Waals surface area contributed by atoms with E-state index in [2.05, 4.69) is 10.2 Å². The number of amides is 1. The number of carbonyl (C=O) groups excluding carboxylic acids is 1. The van der Waals surface area contributed by atoms with Crippen LogP contribution in [0.1, 0.15) is 47.6 Å². The van der Waals surface area contributed by atoms with Gasteiger partial charge in [0.05, 0.1) is 18.0 Å². The third kappa shape index (κ3) is 4.82. The number of para-hydroxylation sites is 1. The first kappa shape index (κ1) is 22.8. The first-order valence-corrected chi connectivity index (χ1v) is 12.7. The van der Waals surface area contributed by atoms with Gasteiger partial charge in [0, 0.05) is 30.8 Å². The highest BCUT2D eigenvalue weighted by molar-refractivity contribution is 7.89. The number of nitrogens with one attached hydrogen (secondary N) is 1. The van der Waals surface area contributed by atoms with E-state index in [1.165, 1.54) is 16.4 Å². The van der Waals surface area contributed by atoms with E-state index in [-0.39, 0.29) is 16.8 Å². The van der Waals surface area contributed by atoms with Crippen molar-refractivity contribution in [1.82, 2.24) is 14.5 Å². The molecule has 0 aromatic heterocycles. The van der Waals surface area contributed by atoms with Crippen molar-refractivity contribution in [2.75, 3.05) is 39.8 Å². The predicted octanol–water partition coefficient (Wildman–Crippen LogP) is 3.05. The highest BCUT2D eigenvalue weighted by Gasteiger charge is 2.28. The largest absolute Gasteiger partial charge is 0.496 e. The number of ether oxygens (including phenoxy) is 1. The van der Waals surface area contributed by atoms with Gasteiger partial charge in [-0.25, -0.2) is 8.42 Å². The number of nitrogens with zero attached hydrogens (tertiary/aromatic N) is 2. The first-order chi connectivity index (χ1) is 15.5. The van der Waals surface area contributed by atoms with E-state index >= 15 is 0 Å². The number of sulfonamides is 1. The number of carbonyl (C=O) groups is 1. The van der Waals surface area contributed by atoms with Crippen LogP contribution in [0, 0.1) is 0 Å². The first-order valence-electron chi connectivity index (χ1n) is 11.3. The number of benzene rings is 2. The van der Waals surface area contributed by atoms with Crippen molar-refractivity contribution in [2.24, 2.45) is 0 Å². The third-order valence-corrected chi connectivity index (χ3v) is 8.27. The molecule has 1 N–H and O–H groups in total. The maximum atomic E-state index is 12.8. The third-order valence-electron chi connectivity index (χ3n) is 6.35. The summed E-state index contributed by atoms with van der Waals surface area (Å²) in [5, 5.41) is 3.04. The van der Waals surface area contributed by atoms with Crippen LogP contribution < -0.4 is 10.1 Å². The van der Waals surface area contributed by atoms with E-state index in [4.69, 9.17) is 4.74 Å². The van der Waals surface area contributed by atoms with Crippen LogP contribution in [0.15, 0.2) is 53.4 Å². The minimum atomic E-state index is -3.48. The molecule has 8 heteroatoms. The van der Waals surface area contributed by atoms with E-state index in [1.54, 1.807) is 19.2 Å². The molecular weight excluding hydrogens is 426 g/mol. The molecule has 2 aromatic rings. The van der Waals surface area contributed by atoms with Crippen molar-refractivity contribution in [1.29, 1.82) is 0 Å². The fourth-order valence-corrected chi connectivity index (χ4v) is 6.10. The lowest BCUT2D eigenvalue weighted by Crippen LogP contribution is -2.37. The van der Waals surface area contributed by atoms with Crippen LogP contribution >= 0.6 is 0 Å². The Morgan fingerprint density at radius 1 is 0.969 bits per heavy atom. The molecular formula is C24H31N3O4S. The van der Waals surface area contributed by atoms with Crippen LogP contribution in [0.25, 0.3) is 0 Å². The summed E-state index contributed by atoms with van der Waals surface area (Å²) in [6, 6.07) is 14.2. The second-order valence-electron chi connectivity index (χ2n) is 8.35. The lowest BCUT2D eigenvalue weighted by molar-refractivity contribution is 0.0937. The summed E-state index contributed by atoms with van der Waals surface area (Å²) in [4.78, 5) is 15.5. The molecule has 0 saturated carbocycles. The van der Waals surface area contributed by atoms with Gasteiger partial charge in [0.2, 0.25) is 10.0 Å². The Morgan fingerprint density at radius 3 is 2.25 bits per heavy atom. The van der Waals surface area contributed by atoms with Crippen LogP contribution in [0.5, 0.6) is 5.75 Å². The summed E-state index contributed by atoms with van der Waals surface area (Å²) in [5.41, 5.74) is 1.51. The van der Waals surface area contributed by atoms with Gasteiger partial charge in [0.15, 0.2) is 0 Å². The van der Waals surface area contributed by atoms with E-state index < -0.39 is 10.0 Å². The Bertz CT molecular complexity index is 1030. The zero-order chi connectivity index (χ0) is 22.6. The standard InChI is InChI=1S/C24H31N3O4S/c1-31-23-9-3-2-8-21(23)22(26-14-4-5-15-26)18-25-24(28)19-10-12-20(13-11-19)32(29,30)27-16-6-7-17-27/h2-3,8-13,22H,4-7,14-18H2,1H3,(H,25,28)/t22-/m0/s1. The molecule has 2 heterocycles. The monoisotopic (exact) mass is 457 g/mol. The van der Waals surface area contributed by atoms with Crippen molar-refractivity contribution in [3.05, 3.63) is 59.7 Å². The number of rotatable bonds is 8. The maximum absolute atomic E-state index is 12.8. The van der Waals surface area contributed by atoms with E-state index in [0.29, 0.717) is 25.2 Å². The van der Waals surface area contributed by atoms with Gasteiger partial charge in [-0.1, -0.05) is 18.2 Å². The van der Waals surface area contributed by atoms with Gasteiger partial charge in [-0.3, -0.25) is 9.69 Å². The summed E-state index contributed by atoms with van der Waals surface area (Å²) in [6.07, 6.45) is 4.08. The van der Waals surface area contributed by atoms with Gasteiger partial charge in [-0.05, 0) is 69.1 Å². The molecule has 2 aliphatic heterocycles. The lowest BCUT2D eigenvalue weighted by Gasteiger charge is -2.29. The molecule has 0 bridgehead atoms. The quantitative estimate of drug-likeness (QED) is 0.659. The highest BCUT2D eigenvalue weighted by atomic mass is 32.2. The minimum absolute atomic E-state index is 0.0208. The lowest BCUT2D eigenvalue weighted by atomic mass is 10.0. The van der Waals surface area contributed by atoms with E-state index in [0.717, 1.165) is 50.1 Å². The summed E-state index contributed by atoms with van der Waals surface area (Å²) in [6.45, 7) is 3.55. The second-order valence-corrected chi connectivity index (χ2v) is 10.3. The Balaban J connectivity index is 1.46. The van der Waals surface area contributed by atoms with Crippen LogP contribution in [0.2, 0.25) is 0 Å². The van der Waals surface area contributed by atoms with Crippen molar-refractivity contribution >= 4 is 15.9 Å². The minimum Gasteiger partial charge on any atom is -0.496 e. The zero-order valence-electron chi connectivity index (χ0n) is 18.5. The summed E-state index contributed by atoms with van der Waals surface area (Å²) >= 11 is 0. The van der Waals surface area contributed by atoms with Crippen molar-refractivity contribution in [3.63, 3.8) is 0 Å². The van der Waals surface area contributed by atoms with Crippen LogP contribution in [0.4, 0.5) is 0 Å². The fourth-order valence-electron chi connectivity index (χ4n) is 4.58. The van der Waals surface area contributed by atoms with E-state index in [9.17, 15) is 13.2 Å². The summed E-state index contributed by atoms with van der Waals surface area (Å²) in [5.74, 6) is 0.601. The topological polar surface area (TPSA) is 78.9 Å². The van der Waals surface area contributed by atoms with Crippen molar-refractivity contribution < 1.29 is 17.9 Å². The molecule has 0 spiro atoms. The molecule has 7 nitrogen and oxygen atoms in total. The maximum Gasteiger partial charge on any atom is 0.251 e. The van der Waals surface area contributed by atoms with Gasteiger partial charge in [0.25, 0.3) is 5.91 Å². The summed E-state index contributed by atoms with van der Waals surface area (Å²) < 4.78 is 32.5. The molecule has 2 fully saturated rings. The van der Waals surface area contributed by atoms with Crippen LogP contribution in [-0.2, 0) is 10.0 Å². The average molecular weight is 458 g/mol. The Kier molecular flexibility index (Phi) is 7.13. The van der Waals surface area contributed by atoms with Gasteiger partial charge in [-0.15, -0.1) is 0 Å². The van der Waals surface area contributed by atoms with Crippen LogP contribution in [-0.4, -0.2) is 63.4 Å². The van der Waals surface area contributed by atoms with E-state index in [1.807, 2.05) is 24.3 Å². The SMILES string of the molecule is COc1ccccc1[C@H](CNC(=O)c1ccc(S(=O)(=O)N2CCCC2)cc1)N1CCCC1. The molecule has 172 valence electrons. The highest BCUT2D eigenvalue weighted by Crippen LogP contribution is 2.31. The molecule has 4 rings (SSSR count). The van der Waals surface area contributed by atoms with Crippen molar-refractivity contribution in [3.8, 4) is 5.75 Å². The number of methoxy groups -OCH3 is 1. The smallest absolute Gasteiger partial charge is 0.251 e. The normalized spacial score (nSPS) is 18.5. The Labute approximate surface area is 190 Å².